The van der Waals surface area contributed by atoms with E-state index in [9.17, 15) is 14.7 Å². The van der Waals surface area contributed by atoms with Crippen LogP contribution in [0.4, 0.5) is 5.69 Å². The number of hydrogen-bond donors (Lipinski definition) is 3. The maximum absolute atomic E-state index is 12.0. The predicted octanol–water partition coefficient (Wildman–Crippen LogP) is 2.42. The van der Waals surface area contributed by atoms with Gasteiger partial charge >= 0.3 is 11.8 Å². The Morgan fingerprint density at radius 2 is 1.96 bits per heavy atom. The van der Waals surface area contributed by atoms with E-state index in [1.54, 1.807) is 6.07 Å². The Morgan fingerprint density at radius 3 is 2.65 bits per heavy atom. The number of nitrogens with one attached hydrogen (secondary N) is 2. The molecule has 1 aromatic carbocycles. The first-order valence-electron chi connectivity index (χ1n) is 8.34. The van der Waals surface area contributed by atoms with Crippen molar-refractivity contribution in [3.05, 3.63) is 29.8 Å². The zero-order valence-electron chi connectivity index (χ0n) is 13.8. The minimum Gasteiger partial charge on any atom is -0.393 e. The molecule has 0 aliphatic heterocycles. The summed E-state index contributed by atoms with van der Waals surface area (Å²) in [5, 5.41) is 15.1. The summed E-state index contributed by atoms with van der Waals surface area (Å²) in [6, 6.07) is 7.49. The van der Waals surface area contributed by atoms with Crippen LogP contribution in [0.15, 0.2) is 24.3 Å². The number of aliphatic hydroxyl groups is 1. The van der Waals surface area contributed by atoms with E-state index in [2.05, 4.69) is 24.5 Å². The van der Waals surface area contributed by atoms with E-state index in [1.165, 1.54) is 0 Å². The Hall–Kier alpha value is -1.88. The molecule has 5 heteroatoms. The van der Waals surface area contributed by atoms with Crippen LogP contribution in [0, 0.1) is 5.92 Å². The second-order valence-electron chi connectivity index (χ2n) is 6.56. The van der Waals surface area contributed by atoms with E-state index in [0.717, 1.165) is 31.2 Å². The van der Waals surface area contributed by atoms with Crippen LogP contribution in [0.5, 0.6) is 0 Å². The molecule has 0 aromatic heterocycles. The molecule has 1 aliphatic rings. The van der Waals surface area contributed by atoms with E-state index in [0.29, 0.717) is 18.2 Å². The summed E-state index contributed by atoms with van der Waals surface area (Å²) in [6.45, 7) is 4.49. The van der Waals surface area contributed by atoms with Crippen molar-refractivity contribution in [1.29, 1.82) is 0 Å². The van der Waals surface area contributed by atoms with E-state index < -0.39 is 11.8 Å². The van der Waals surface area contributed by atoms with Gasteiger partial charge in [0.15, 0.2) is 0 Å². The second kappa shape index (κ2) is 8.11. The highest BCUT2D eigenvalue weighted by Crippen LogP contribution is 2.23. The second-order valence-corrected chi connectivity index (χ2v) is 6.56. The Balaban J connectivity index is 1.85. The molecule has 0 heterocycles. The molecule has 2 atom stereocenters. The molecule has 0 radical (unpaired) electrons. The fraction of sp³-hybridized carbons (Fsp3) is 0.556. The third kappa shape index (κ3) is 5.06. The topological polar surface area (TPSA) is 78.4 Å². The number of carbonyl (C=O) groups excluding carboxylic acids is 2. The van der Waals surface area contributed by atoms with Crippen LogP contribution >= 0.6 is 0 Å². The molecule has 0 bridgehead atoms. The molecule has 1 saturated carbocycles. The van der Waals surface area contributed by atoms with Gasteiger partial charge in [-0.2, -0.15) is 0 Å². The van der Waals surface area contributed by atoms with Crippen molar-refractivity contribution in [3.63, 3.8) is 0 Å². The van der Waals surface area contributed by atoms with Crippen LogP contribution in [-0.4, -0.2) is 29.6 Å². The SMILES string of the molecule is CC(C)c1cccc(NC(=O)C(=O)NC[C@H]2CCCC[C@H]2O)c1. The smallest absolute Gasteiger partial charge is 0.313 e. The molecule has 0 spiro atoms. The minimum absolute atomic E-state index is 0.0461. The molecule has 1 aromatic rings. The lowest BCUT2D eigenvalue weighted by atomic mass is 9.86. The molecule has 5 nitrogen and oxygen atoms in total. The third-order valence-corrected chi connectivity index (χ3v) is 4.41. The number of benzene rings is 1. The lowest BCUT2D eigenvalue weighted by Gasteiger charge is -2.27. The van der Waals surface area contributed by atoms with Gasteiger partial charge in [-0.05, 0) is 36.5 Å². The first-order chi connectivity index (χ1) is 11.0. The zero-order chi connectivity index (χ0) is 16.8. The maximum atomic E-state index is 12.0. The summed E-state index contributed by atoms with van der Waals surface area (Å²) < 4.78 is 0. The quantitative estimate of drug-likeness (QED) is 0.746. The predicted molar refractivity (Wildman–Crippen MR) is 90.1 cm³/mol. The van der Waals surface area contributed by atoms with E-state index >= 15 is 0 Å². The first kappa shape index (κ1) is 17.5. The van der Waals surface area contributed by atoms with Gasteiger partial charge in [-0.3, -0.25) is 9.59 Å². The first-order valence-corrected chi connectivity index (χ1v) is 8.34. The highest BCUT2D eigenvalue weighted by molar-refractivity contribution is 6.39. The molecule has 23 heavy (non-hydrogen) atoms. The Morgan fingerprint density at radius 1 is 1.22 bits per heavy atom. The van der Waals surface area contributed by atoms with Gasteiger partial charge in [-0.1, -0.05) is 38.8 Å². The van der Waals surface area contributed by atoms with Gasteiger partial charge in [0.2, 0.25) is 0 Å². The van der Waals surface area contributed by atoms with Crippen LogP contribution in [0.25, 0.3) is 0 Å². The average Bonchev–Trinajstić information content (AvgIpc) is 2.54. The van der Waals surface area contributed by atoms with Crippen LogP contribution < -0.4 is 10.6 Å². The van der Waals surface area contributed by atoms with Gasteiger partial charge in [-0.15, -0.1) is 0 Å². The van der Waals surface area contributed by atoms with Gasteiger partial charge < -0.3 is 15.7 Å². The lowest BCUT2D eigenvalue weighted by Crippen LogP contribution is -2.41. The molecule has 2 rings (SSSR count). The van der Waals surface area contributed by atoms with Crippen LogP contribution in [-0.2, 0) is 9.59 Å². The normalized spacial score (nSPS) is 21.0. The number of anilines is 1. The third-order valence-electron chi connectivity index (χ3n) is 4.41. The van der Waals surface area contributed by atoms with Crippen LogP contribution in [0.2, 0.25) is 0 Å². The highest BCUT2D eigenvalue weighted by Gasteiger charge is 2.24. The van der Waals surface area contributed by atoms with E-state index in [-0.39, 0.29) is 12.0 Å². The van der Waals surface area contributed by atoms with Crippen molar-refractivity contribution >= 4 is 17.5 Å². The molecule has 3 N–H and O–H groups in total. The number of carbonyl (C=O) groups is 2. The Labute approximate surface area is 137 Å². The Bertz CT molecular complexity index is 557. The van der Waals surface area contributed by atoms with E-state index in [4.69, 9.17) is 0 Å². The molecule has 1 fully saturated rings. The molecule has 0 saturated heterocycles. The minimum atomic E-state index is -0.670. The molecule has 126 valence electrons. The summed E-state index contributed by atoms with van der Waals surface area (Å²) in [6.07, 6.45) is 3.37. The molecular weight excluding hydrogens is 292 g/mol. The zero-order valence-corrected chi connectivity index (χ0v) is 13.8. The van der Waals surface area contributed by atoms with Gasteiger partial charge in [0.25, 0.3) is 0 Å². The van der Waals surface area contributed by atoms with Gasteiger partial charge in [0.05, 0.1) is 6.10 Å². The van der Waals surface area contributed by atoms with Crippen molar-refractivity contribution in [3.8, 4) is 0 Å². The fourth-order valence-corrected chi connectivity index (χ4v) is 2.89. The molecule has 1 aliphatic carbocycles. The van der Waals surface area contributed by atoms with Crippen molar-refractivity contribution in [2.75, 3.05) is 11.9 Å². The standard InChI is InChI=1S/C18H26N2O3/c1-12(2)13-7-5-8-15(10-13)20-18(23)17(22)19-11-14-6-3-4-9-16(14)21/h5,7-8,10,12,14,16,21H,3-4,6,9,11H2,1-2H3,(H,19,22)(H,20,23)/t14-,16-/m1/s1. The van der Waals surface area contributed by atoms with Gasteiger partial charge in [0, 0.05) is 18.2 Å². The summed E-state index contributed by atoms with van der Waals surface area (Å²) in [5.74, 6) is -0.924. The number of hydrogen-bond acceptors (Lipinski definition) is 3. The number of rotatable bonds is 4. The maximum Gasteiger partial charge on any atom is 0.313 e. The largest absolute Gasteiger partial charge is 0.393 e. The monoisotopic (exact) mass is 318 g/mol. The summed E-state index contributed by atoms with van der Waals surface area (Å²) in [5.41, 5.74) is 1.72. The van der Waals surface area contributed by atoms with Crippen molar-refractivity contribution in [1.82, 2.24) is 5.32 Å². The molecule has 0 unspecified atom stereocenters. The van der Waals surface area contributed by atoms with Crippen molar-refractivity contribution in [2.45, 2.75) is 51.6 Å². The van der Waals surface area contributed by atoms with Gasteiger partial charge in [-0.25, -0.2) is 0 Å². The molecular formula is C18H26N2O3. The van der Waals surface area contributed by atoms with Crippen LogP contribution in [0.1, 0.15) is 51.0 Å². The lowest BCUT2D eigenvalue weighted by molar-refractivity contribution is -0.136. The highest BCUT2D eigenvalue weighted by atomic mass is 16.3. The summed E-state index contributed by atoms with van der Waals surface area (Å²) in [4.78, 5) is 23.9. The van der Waals surface area contributed by atoms with Crippen LogP contribution in [0.3, 0.4) is 0 Å². The number of amides is 2. The summed E-state index contributed by atoms with van der Waals surface area (Å²) >= 11 is 0. The Kier molecular flexibility index (Phi) is 6.16. The summed E-state index contributed by atoms with van der Waals surface area (Å²) in [7, 11) is 0. The fourth-order valence-electron chi connectivity index (χ4n) is 2.89. The van der Waals surface area contributed by atoms with Gasteiger partial charge in [0.1, 0.15) is 0 Å². The van der Waals surface area contributed by atoms with Crippen molar-refractivity contribution in [2.24, 2.45) is 5.92 Å². The molecule has 2 amide bonds. The van der Waals surface area contributed by atoms with Crippen molar-refractivity contribution < 1.29 is 14.7 Å². The van der Waals surface area contributed by atoms with E-state index in [1.807, 2.05) is 18.2 Å². The number of aliphatic hydroxyl groups excluding tert-OH is 1. The average molecular weight is 318 g/mol.